The maximum absolute atomic E-state index is 12.8. The molecule has 0 aliphatic carbocycles. The van der Waals surface area contributed by atoms with Crippen molar-refractivity contribution in [1.29, 1.82) is 0 Å². The molecular formula is C22H28N2O3S. The number of rotatable bonds is 5. The lowest BCUT2D eigenvalue weighted by Gasteiger charge is -2.34. The van der Waals surface area contributed by atoms with Gasteiger partial charge in [0.15, 0.2) is 0 Å². The Morgan fingerprint density at radius 1 is 0.893 bits per heavy atom. The van der Waals surface area contributed by atoms with E-state index < -0.39 is 10.0 Å². The van der Waals surface area contributed by atoms with Crippen LogP contribution in [0.1, 0.15) is 28.7 Å². The maximum atomic E-state index is 12.8. The van der Waals surface area contributed by atoms with E-state index in [2.05, 4.69) is 32.0 Å². The Morgan fingerprint density at radius 3 is 2.11 bits per heavy atom. The van der Waals surface area contributed by atoms with Crippen LogP contribution in [-0.2, 0) is 21.2 Å². The molecule has 0 aromatic heterocycles. The van der Waals surface area contributed by atoms with Gasteiger partial charge in [-0.1, -0.05) is 41.5 Å². The molecule has 2 aromatic carbocycles. The zero-order valence-electron chi connectivity index (χ0n) is 16.8. The number of hydrogen-bond donors (Lipinski definition) is 0. The van der Waals surface area contributed by atoms with E-state index in [9.17, 15) is 13.2 Å². The lowest BCUT2D eigenvalue weighted by Crippen LogP contribution is -2.50. The third-order valence-corrected chi connectivity index (χ3v) is 7.27. The molecule has 0 atom stereocenters. The highest BCUT2D eigenvalue weighted by Gasteiger charge is 2.29. The Morgan fingerprint density at radius 2 is 1.50 bits per heavy atom. The SMILES string of the molecule is Cc1ccc(S(=O)(=O)N2CCN(C(=O)CCc3ccc(C)cc3C)CC2)cc1. The number of piperazine rings is 1. The fourth-order valence-electron chi connectivity index (χ4n) is 3.56. The zero-order chi connectivity index (χ0) is 20.3. The summed E-state index contributed by atoms with van der Waals surface area (Å²) < 4.78 is 27.0. The first-order valence-corrected chi connectivity index (χ1v) is 11.1. The van der Waals surface area contributed by atoms with Crippen molar-refractivity contribution < 1.29 is 13.2 Å². The predicted octanol–water partition coefficient (Wildman–Crippen LogP) is 3.08. The highest BCUT2D eigenvalue weighted by Crippen LogP contribution is 2.19. The molecule has 6 heteroatoms. The predicted molar refractivity (Wildman–Crippen MR) is 111 cm³/mol. The minimum Gasteiger partial charge on any atom is -0.340 e. The molecule has 1 aliphatic heterocycles. The summed E-state index contributed by atoms with van der Waals surface area (Å²) >= 11 is 0. The van der Waals surface area contributed by atoms with Gasteiger partial charge in [0.2, 0.25) is 15.9 Å². The molecule has 1 heterocycles. The van der Waals surface area contributed by atoms with Gasteiger partial charge in [-0.15, -0.1) is 0 Å². The van der Waals surface area contributed by atoms with E-state index in [0.29, 0.717) is 43.9 Å². The normalized spacial score (nSPS) is 15.6. The third kappa shape index (κ3) is 4.62. The molecule has 5 nitrogen and oxygen atoms in total. The minimum absolute atomic E-state index is 0.0901. The number of carbonyl (C=O) groups excluding carboxylic acids is 1. The van der Waals surface area contributed by atoms with Crippen molar-refractivity contribution in [2.75, 3.05) is 26.2 Å². The van der Waals surface area contributed by atoms with Crippen molar-refractivity contribution in [1.82, 2.24) is 9.21 Å². The Bertz CT molecular complexity index is 944. The summed E-state index contributed by atoms with van der Waals surface area (Å²) in [5, 5.41) is 0. The molecular weight excluding hydrogens is 372 g/mol. The Labute approximate surface area is 168 Å². The van der Waals surface area contributed by atoms with Crippen molar-refractivity contribution in [3.05, 3.63) is 64.7 Å². The van der Waals surface area contributed by atoms with E-state index in [1.54, 1.807) is 29.2 Å². The van der Waals surface area contributed by atoms with Crippen LogP contribution in [0.5, 0.6) is 0 Å². The second kappa shape index (κ2) is 8.45. The molecule has 0 bridgehead atoms. The molecule has 0 spiro atoms. The van der Waals surface area contributed by atoms with E-state index in [1.807, 2.05) is 6.92 Å². The lowest BCUT2D eigenvalue weighted by atomic mass is 10.0. The number of aryl methyl sites for hydroxylation is 4. The Kier molecular flexibility index (Phi) is 6.20. The van der Waals surface area contributed by atoms with Crippen molar-refractivity contribution >= 4 is 15.9 Å². The van der Waals surface area contributed by atoms with E-state index in [0.717, 1.165) is 5.56 Å². The van der Waals surface area contributed by atoms with E-state index in [-0.39, 0.29) is 5.91 Å². The number of benzene rings is 2. The molecule has 28 heavy (non-hydrogen) atoms. The smallest absolute Gasteiger partial charge is 0.243 e. The van der Waals surface area contributed by atoms with Crippen LogP contribution >= 0.6 is 0 Å². The summed E-state index contributed by atoms with van der Waals surface area (Å²) in [5.74, 6) is 0.0901. The van der Waals surface area contributed by atoms with Gasteiger partial charge >= 0.3 is 0 Å². The third-order valence-electron chi connectivity index (χ3n) is 5.36. The first kappa shape index (κ1) is 20.6. The van der Waals surface area contributed by atoms with Gasteiger partial charge in [-0.05, 0) is 50.5 Å². The number of amides is 1. The van der Waals surface area contributed by atoms with Crippen LogP contribution in [0, 0.1) is 20.8 Å². The second-order valence-corrected chi connectivity index (χ2v) is 9.47. The standard InChI is InChI=1S/C22H28N2O3S/c1-17-5-9-21(10-6-17)28(26,27)24-14-12-23(13-15-24)22(25)11-8-20-7-4-18(2)16-19(20)3/h4-7,9-10,16H,8,11-15H2,1-3H3. The van der Waals surface area contributed by atoms with Crippen LogP contribution in [0.15, 0.2) is 47.4 Å². The molecule has 0 saturated carbocycles. The summed E-state index contributed by atoms with van der Waals surface area (Å²) in [6, 6.07) is 13.2. The average Bonchev–Trinajstić information content (AvgIpc) is 2.67. The van der Waals surface area contributed by atoms with Crippen LogP contribution in [0.25, 0.3) is 0 Å². The monoisotopic (exact) mass is 400 g/mol. The number of sulfonamides is 1. The quantitative estimate of drug-likeness (QED) is 0.775. The molecule has 0 N–H and O–H groups in total. The minimum atomic E-state index is -3.50. The van der Waals surface area contributed by atoms with Crippen LogP contribution in [-0.4, -0.2) is 49.7 Å². The van der Waals surface area contributed by atoms with Crippen molar-refractivity contribution in [2.24, 2.45) is 0 Å². The second-order valence-electron chi connectivity index (χ2n) is 7.53. The average molecular weight is 401 g/mol. The highest BCUT2D eigenvalue weighted by molar-refractivity contribution is 7.89. The fourth-order valence-corrected chi connectivity index (χ4v) is 4.99. The lowest BCUT2D eigenvalue weighted by molar-refractivity contribution is -0.132. The molecule has 2 aromatic rings. The van der Waals surface area contributed by atoms with Gasteiger partial charge in [0.05, 0.1) is 4.90 Å². The van der Waals surface area contributed by atoms with E-state index >= 15 is 0 Å². The summed E-state index contributed by atoms with van der Waals surface area (Å²) in [5.41, 5.74) is 4.65. The summed E-state index contributed by atoms with van der Waals surface area (Å²) in [7, 11) is -3.50. The van der Waals surface area contributed by atoms with Crippen LogP contribution in [0.2, 0.25) is 0 Å². The Balaban J connectivity index is 1.55. The first-order chi connectivity index (χ1) is 13.3. The number of carbonyl (C=O) groups is 1. The maximum Gasteiger partial charge on any atom is 0.243 e. The molecule has 1 fully saturated rings. The summed E-state index contributed by atoms with van der Waals surface area (Å²) in [6.07, 6.45) is 1.17. The summed E-state index contributed by atoms with van der Waals surface area (Å²) in [6.45, 7) is 7.62. The number of hydrogen-bond acceptors (Lipinski definition) is 3. The molecule has 1 amide bonds. The van der Waals surface area contributed by atoms with E-state index in [1.165, 1.54) is 21.0 Å². The fraction of sp³-hybridized carbons (Fsp3) is 0.409. The molecule has 150 valence electrons. The zero-order valence-corrected chi connectivity index (χ0v) is 17.6. The number of nitrogens with zero attached hydrogens (tertiary/aromatic N) is 2. The van der Waals surface area contributed by atoms with Gasteiger partial charge in [-0.3, -0.25) is 4.79 Å². The van der Waals surface area contributed by atoms with Gasteiger partial charge < -0.3 is 4.90 Å². The van der Waals surface area contributed by atoms with Crippen LogP contribution in [0.3, 0.4) is 0 Å². The molecule has 0 unspecified atom stereocenters. The summed E-state index contributed by atoms with van der Waals surface area (Å²) in [4.78, 5) is 14.7. The van der Waals surface area contributed by atoms with Crippen molar-refractivity contribution in [3.8, 4) is 0 Å². The van der Waals surface area contributed by atoms with Crippen molar-refractivity contribution in [2.45, 2.75) is 38.5 Å². The largest absolute Gasteiger partial charge is 0.340 e. The highest BCUT2D eigenvalue weighted by atomic mass is 32.2. The van der Waals surface area contributed by atoms with Gasteiger partial charge in [0.25, 0.3) is 0 Å². The Hall–Kier alpha value is -2.18. The molecule has 3 rings (SSSR count). The molecule has 1 saturated heterocycles. The first-order valence-electron chi connectivity index (χ1n) is 9.68. The van der Waals surface area contributed by atoms with Gasteiger partial charge in [-0.2, -0.15) is 4.31 Å². The van der Waals surface area contributed by atoms with Crippen LogP contribution in [0.4, 0.5) is 0 Å². The topological polar surface area (TPSA) is 57.7 Å². The molecule has 0 radical (unpaired) electrons. The van der Waals surface area contributed by atoms with Crippen LogP contribution < -0.4 is 0 Å². The van der Waals surface area contributed by atoms with Gasteiger partial charge in [0.1, 0.15) is 0 Å². The van der Waals surface area contributed by atoms with Gasteiger partial charge in [0, 0.05) is 32.6 Å². The molecule has 1 aliphatic rings. The van der Waals surface area contributed by atoms with E-state index in [4.69, 9.17) is 0 Å². The van der Waals surface area contributed by atoms with Gasteiger partial charge in [-0.25, -0.2) is 8.42 Å². The van der Waals surface area contributed by atoms with Crippen molar-refractivity contribution in [3.63, 3.8) is 0 Å².